The van der Waals surface area contributed by atoms with Crippen LogP contribution in [0.25, 0.3) is 0 Å². The summed E-state index contributed by atoms with van der Waals surface area (Å²) in [6, 6.07) is 20.0. The van der Waals surface area contributed by atoms with Crippen LogP contribution in [0.3, 0.4) is 0 Å². The van der Waals surface area contributed by atoms with Crippen LogP contribution in [0.2, 0.25) is 0 Å². The molecule has 1 saturated heterocycles. The predicted molar refractivity (Wildman–Crippen MR) is 142 cm³/mol. The number of likely N-dealkylation sites (tertiary alicyclic amines) is 1. The Kier molecular flexibility index (Phi) is 8.55. The Morgan fingerprint density at radius 1 is 1.00 bits per heavy atom. The SMILES string of the molecule is COC(=O)C1CC(C(=O)NCc2ccc(C)cc2)N(C(=O)COc2ccccc2)C1c1ccccc1[N+](=O)[O-]. The third kappa shape index (κ3) is 6.23. The Morgan fingerprint density at radius 3 is 2.33 bits per heavy atom. The van der Waals surface area contributed by atoms with Gasteiger partial charge >= 0.3 is 5.97 Å². The van der Waals surface area contributed by atoms with Gasteiger partial charge in [0.1, 0.15) is 11.8 Å². The van der Waals surface area contributed by atoms with Crippen molar-refractivity contribution in [1.82, 2.24) is 10.2 Å². The number of hydrogen-bond acceptors (Lipinski definition) is 7. The average Bonchev–Trinajstić information content (AvgIpc) is 3.36. The van der Waals surface area contributed by atoms with E-state index < -0.39 is 47.3 Å². The molecule has 4 rings (SSSR count). The van der Waals surface area contributed by atoms with Crippen molar-refractivity contribution < 1.29 is 28.8 Å². The summed E-state index contributed by atoms with van der Waals surface area (Å²) in [6.07, 6.45) is -0.0692. The lowest BCUT2D eigenvalue weighted by Crippen LogP contribution is -2.48. The first-order valence-electron chi connectivity index (χ1n) is 12.4. The van der Waals surface area contributed by atoms with Gasteiger partial charge in [-0.2, -0.15) is 0 Å². The molecule has 0 aromatic heterocycles. The zero-order valence-electron chi connectivity index (χ0n) is 21.6. The molecule has 202 valence electrons. The van der Waals surface area contributed by atoms with Crippen LogP contribution in [0.1, 0.15) is 29.2 Å². The number of ether oxygens (including phenoxy) is 2. The van der Waals surface area contributed by atoms with Crippen molar-refractivity contribution in [3.63, 3.8) is 0 Å². The van der Waals surface area contributed by atoms with E-state index in [-0.39, 0.29) is 24.2 Å². The van der Waals surface area contributed by atoms with E-state index >= 15 is 0 Å². The van der Waals surface area contributed by atoms with E-state index in [9.17, 15) is 24.5 Å². The van der Waals surface area contributed by atoms with Gasteiger partial charge < -0.3 is 19.7 Å². The van der Waals surface area contributed by atoms with Gasteiger partial charge in [0.15, 0.2) is 6.61 Å². The number of amides is 2. The van der Waals surface area contributed by atoms with Crippen LogP contribution in [-0.2, 0) is 25.7 Å². The van der Waals surface area contributed by atoms with Gasteiger partial charge in [-0.1, -0.05) is 66.2 Å². The van der Waals surface area contributed by atoms with Crippen molar-refractivity contribution in [1.29, 1.82) is 0 Å². The summed E-state index contributed by atoms with van der Waals surface area (Å²) in [5.41, 5.74) is 1.81. The number of carbonyl (C=O) groups is 3. The molecular weight excluding hydrogens is 502 g/mol. The molecule has 1 fully saturated rings. The highest BCUT2D eigenvalue weighted by Gasteiger charge is 2.52. The van der Waals surface area contributed by atoms with Gasteiger partial charge in [-0.05, 0) is 31.0 Å². The summed E-state index contributed by atoms with van der Waals surface area (Å²) in [5, 5.41) is 14.7. The highest BCUT2D eigenvalue weighted by molar-refractivity contribution is 5.91. The number of nitrogens with zero attached hydrogens (tertiary/aromatic N) is 2. The number of hydrogen-bond donors (Lipinski definition) is 1. The van der Waals surface area contributed by atoms with E-state index in [1.807, 2.05) is 31.2 Å². The van der Waals surface area contributed by atoms with Crippen LogP contribution in [-0.4, -0.2) is 47.4 Å². The number of benzene rings is 3. The fourth-order valence-electron chi connectivity index (χ4n) is 4.83. The van der Waals surface area contributed by atoms with E-state index in [4.69, 9.17) is 9.47 Å². The number of methoxy groups -OCH3 is 1. The van der Waals surface area contributed by atoms with E-state index in [1.165, 1.54) is 30.2 Å². The van der Waals surface area contributed by atoms with Gasteiger partial charge in [0, 0.05) is 12.6 Å². The van der Waals surface area contributed by atoms with Crippen LogP contribution < -0.4 is 10.1 Å². The maximum atomic E-state index is 13.7. The van der Waals surface area contributed by atoms with Gasteiger partial charge in [-0.3, -0.25) is 24.5 Å². The first-order valence-corrected chi connectivity index (χ1v) is 12.4. The molecule has 2 amide bonds. The lowest BCUT2D eigenvalue weighted by molar-refractivity contribution is -0.386. The summed E-state index contributed by atoms with van der Waals surface area (Å²) in [6.45, 7) is 1.73. The number of nitro groups is 1. The van der Waals surface area contributed by atoms with Crippen LogP contribution in [0, 0.1) is 23.0 Å². The Labute approximate surface area is 225 Å². The van der Waals surface area contributed by atoms with Gasteiger partial charge in [0.05, 0.1) is 29.6 Å². The average molecular weight is 532 g/mol. The Bertz CT molecular complexity index is 1340. The Balaban J connectivity index is 1.69. The molecule has 1 aliphatic heterocycles. The van der Waals surface area contributed by atoms with Crippen molar-refractivity contribution in [3.8, 4) is 5.75 Å². The number of para-hydroxylation sites is 2. The van der Waals surface area contributed by atoms with Crippen molar-refractivity contribution in [2.45, 2.75) is 32.0 Å². The second-order valence-corrected chi connectivity index (χ2v) is 9.25. The molecule has 3 aromatic rings. The molecule has 1 heterocycles. The van der Waals surface area contributed by atoms with Crippen molar-refractivity contribution in [2.24, 2.45) is 5.92 Å². The van der Waals surface area contributed by atoms with Crippen molar-refractivity contribution in [3.05, 3.63) is 106 Å². The van der Waals surface area contributed by atoms with E-state index in [2.05, 4.69) is 5.32 Å². The minimum absolute atomic E-state index is 0.0692. The number of carbonyl (C=O) groups excluding carboxylic acids is 3. The fourth-order valence-corrected chi connectivity index (χ4v) is 4.83. The third-order valence-corrected chi connectivity index (χ3v) is 6.73. The van der Waals surface area contributed by atoms with E-state index in [0.29, 0.717) is 5.75 Å². The standard InChI is InChI=1S/C29H29N3O7/c1-19-12-14-20(15-13-19)17-30-28(34)25-16-23(29(35)38-2)27(22-10-6-7-11-24(22)32(36)37)31(25)26(33)18-39-21-8-4-3-5-9-21/h3-15,23,25,27H,16-18H2,1-2H3,(H,30,34). The molecule has 0 bridgehead atoms. The molecule has 1 aliphatic rings. The number of nitro benzene ring substituents is 1. The van der Waals surface area contributed by atoms with E-state index in [0.717, 1.165) is 11.1 Å². The number of aryl methyl sites for hydroxylation is 1. The van der Waals surface area contributed by atoms with Gasteiger partial charge in [0.2, 0.25) is 5.91 Å². The summed E-state index contributed by atoms with van der Waals surface area (Å²) in [4.78, 5) is 52.6. The summed E-state index contributed by atoms with van der Waals surface area (Å²) in [5.74, 6) is -2.32. The molecule has 39 heavy (non-hydrogen) atoms. The predicted octanol–water partition coefficient (Wildman–Crippen LogP) is 3.73. The molecule has 3 atom stereocenters. The quantitative estimate of drug-likeness (QED) is 0.253. The topological polar surface area (TPSA) is 128 Å². The number of nitrogens with one attached hydrogen (secondary N) is 1. The summed E-state index contributed by atoms with van der Waals surface area (Å²) >= 11 is 0. The first-order chi connectivity index (χ1) is 18.8. The molecule has 0 radical (unpaired) electrons. The lowest BCUT2D eigenvalue weighted by atomic mass is 9.92. The maximum absolute atomic E-state index is 13.7. The molecule has 0 aliphatic carbocycles. The number of esters is 1. The first kappa shape index (κ1) is 27.3. The van der Waals surface area contributed by atoms with Crippen LogP contribution in [0.5, 0.6) is 5.75 Å². The number of rotatable bonds is 9. The third-order valence-electron chi connectivity index (χ3n) is 6.73. The van der Waals surface area contributed by atoms with Crippen LogP contribution in [0.15, 0.2) is 78.9 Å². The minimum Gasteiger partial charge on any atom is -0.484 e. The summed E-state index contributed by atoms with van der Waals surface area (Å²) in [7, 11) is 1.20. The van der Waals surface area contributed by atoms with E-state index in [1.54, 1.807) is 36.4 Å². The second kappa shape index (κ2) is 12.2. The molecular formula is C29H29N3O7. The van der Waals surface area contributed by atoms with Gasteiger partial charge in [-0.15, -0.1) is 0 Å². The largest absolute Gasteiger partial charge is 0.484 e. The lowest BCUT2D eigenvalue weighted by Gasteiger charge is -2.31. The zero-order chi connectivity index (χ0) is 27.9. The monoisotopic (exact) mass is 531 g/mol. The molecule has 10 nitrogen and oxygen atoms in total. The highest BCUT2D eigenvalue weighted by Crippen LogP contribution is 2.45. The molecule has 0 spiro atoms. The molecule has 1 N–H and O–H groups in total. The summed E-state index contributed by atoms with van der Waals surface area (Å²) < 4.78 is 10.7. The van der Waals surface area contributed by atoms with Crippen LogP contribution >= 0.6 is 0 Å². The Morgan fingerprint density at radius 2 is 1.67 bits per heavy atom. The highest BCUT2D eigenvalue weighted by atomic mass is 16.6. The molecule has 0 saturated carbocycles. The smallest absolute Gasteiger partial charge is 0.311 e. The van der Waals surface area contributed by atoms with Crippen molar-refractivity contribution >= 4 is 23.5 Å². The molecule has 3 unspecified atom stereocenters. The normalized spacial score (nSPS) is 18.3. The fraction of sp³-hybridized carbons (Fsp3) is 0.276. The van der Waals surface area contributed by atoms with Crippen molar-refractivity contribution in [2.75, 3.05) is 13.7 Å². The van der Waals surface area contributed by atoms with Gasteiger partial charge in [0.25, 0.3) is 11.6 Å². The van der Waals surface area contributed by atoms with Crippen LogP contribution in [0.4, 0.5) is 5.69 Å². The second-order valence-electron chi connectivity index (χ2n) is 9.25. The molecule has 10 heteroatoms. The molecule has 3 aromatic carbocycles. The zero-order valence-corrected chi connectivity index (χ0v) is 21.6. The Hall–Kier alpha value is -4.73. The maximum Gasteiger partial charge on any atom is 0.311 e. The van der Waals surface area contributed by atoms with Gasteiger partial charge in [-0.25, -0.2) is 0 Å². The minimum atomic E-state index is -1.11.